The smallest absolute Gasteiger partial charge is 0.358 e. The summed E-state index contributed by atoms with van der Waals surface area (Å²) < 4.78 is 0. The van der Waals surface area contributed by atoms with Gasteiger partial charge in [0.2, 0.25) is 0 Å². The second kappa shape index (κ2) is 394. The molecule has 0 aliphatic heterocycles. The third kappa shape index (κ3) is 369. The van der Waals surface area contributed by atoms with Gasteiger partial charge in [0, 0.05) is 218 Å². The fourth-order valence-corrected chi connectivity index (χ4v) is 0. The molecule has 0 aliphatic carbocycles. The van der Waals surface area contributed by atoms with E-state index < -0.39 is 0 Å². The minimum absolute atomic E-state index is 0. The summed E-state index contributed by atoms with van der Waals surface area (Å²) in [5.41, 5.74) is 0. The van der Waals surface area contributed by atoms with Crippen molar-refractivity contribution < 1.29 is 467 Å². The van der Waals surface area contributed by atoms with E-state index in [0.29, 0.717) is 0 Å². The molecule has 0 fully saturated rings. The molecular formula is C17H51U15-. The molecule has 0 atom stereocenters. The standard InChI is InChI=1S/17CH3.15U/h17*1H3;;;;;;;;;;;;;;;/q17*-1;;;;;;;;8*+2. The largest absolute Gasteiger partial charge is 2.00 e. The Bertz CT molecular complexity index is 31.9. The van der Waals surface area contributed by atoms with E-state index in [1.54, 1.807) is 0 Å². The predicted molar refractivity (Wildman–Crippen MR) is 109 cm³/mol. The van der Waals surface area contributed by atoms with Crippen LogP contribution in [0.4, 0.5) is 0 Å². The first-order valence-electron chi connectivity index (χ1n) is 0. The van der Waals surface area contributed by atoms with Crippen molar-refractivity contribution in [1.82, 2.24) is 0 Å². The van der Waals surface area contributed by atoms with Crippen molar-refractivity contribution in [2.24, 2.45) is 0 Å². The van der Waals surface area contributed by atoms with E-state index in [-0.39, 0.29) is 593 Å². The van der Waals surface area contributed by atoms with Crippen LogP contribution in [0.3, 0.4) is 0 Å². The molecule has 0 aliphatic rings. The fraction of sp³-hybridized carbons (Fsp3) is 0. The van der Waals surface area contributed by atoms with Crippen molar-refractivity contribution in [3.63, 3.8) is 0 Å². The molecule has 0 heterocycles. The van der Waals surface area contributed by atoms with Crippen LogP contribution in [0.1, 0.15) is 0 Å². The van der Waals surface area contributed by atoms with Gasteiger partial charge in [-0.05, 0) is 0 Å². The maximum absolute atomic E-state index is 0. The molecule has 0 bridgehead atoms. The van der Waals surface area contributed by atoms with Crippen LogP contribution in [-0.2, 0) is 0 Å². The van der Waals surface area contributed by atoms with Crippen molar-refractivity contribution >= 4 is 0 Å². The molecule has 0 aromatic rings. The SMILES string of the molecule is [CH3-].[CH3-].[CH3-].[CH3-].[CH3-].[CH3-].[CH3-].[CH3-].[CH3-].[CH3-].[CH3-].[CH3-].[CH3-].[CH3-].[CH3-].[CH3-].[CH3-].[U+2].[U+2].[U+2].[U+2].[U+2].[U+2].[U+2].[U+2].[U].[U].[U].[U].[U].[U].[U]. The average molecular weight is 3830 g/mol. The summed E-state index contributed by atoms with van der Waals surface area (Å²) in [7, 11) is 0. The van der Waals surface area contributed by atoms with Gasteiger partial charge in [-0.25, -0.2) is 0 Å². The minimum Gasteiger partial charge on any atom is -0.358 e. The van der Waals surface area contributed by atoms with Crippen LogP contribution < -0.4 is 0 Å². The van der Waals surface area contributed by atoms with Gasteiger partial charge in [-0.3, -0.25) is 0 Å². The van der Waals surface area contributed by atoms with Crippen molar-refractivity contribution in [2.75, 3.05) is 0 Å². The molecule has 0 nitrogen and oxygen atoms in total. The first-order valence-corrected chi connectivity index (χ1v) is 0. The topological polar surface area (TPSA) is 0 Å². The summed E-state index contributed by atoms with van der Waals surface area (Å²) >= 11 is 0. The van der Waals surface area contributed by atoms with E-state index in [1.807, 2.05) is 0 Å². The Morgan fingerprint density at radius 3 is 0.0938 bits per heavy atom. The Labute approximate surface area is 575 Å². The van der Waals surface area contributed by atoms with Gasteiger partial charge in [0.1, 0.15) is 0 Å². The van der Waals surface area contributed by atoms with Crippen LogP contribution in [0, 0.1) is 593 Å². The monoisotopic (exact) mass is 3830 g/mol. The van der Waals surface area contributed by atoms with Crippen LogP contribution in [0.15, 0.2) is 0 Å². The molecule has 15 heteroatoms. The van der Waals surface area contributed by atoms with Crippen LogP contribution in [0.25, 0.3) is 0 Å². The maximum atomic E-state index is 0. The third-order valence-corrected chi connectivity index (χ3v) is 0. The van der Waals surface area contributed by atoms with E-state index in [2.05, 4.69) is 0 Å². The number of rotatable bonds is 0. The molecular weight excluding hydrogens is 3770 g/mol. The number of hydrogen-bond acceptors (Lipinski definition) is 0. The molecule has 0 radical (unpaired) electrons. The van der Waals surface area contributed by atoms with E-state index >= 15 is 0 Å². The third-order valence-electron chi connectivity index (χ3n) is 0. The van der Waals surface area contributed by atoms with E-state index in [4.69, 9.17) is 0 Å². The second-order valence-corrected chi connectivity index (χ2v) is 0. The Kier molecular flexibility index (Phi) is 5170. The van der Waals surface area contributed by atoms with Gasteiger partial charge in [0.05, 0.1) is 0 Å². The molecule has 0 rings (SSSR count). The van der Waals surface area contributed by atoms with Gasteiger partial charge >= 0.3 is 249 Å². The van der Waals surface area contributed by atoms with E-state index in [1.165, 1.54) is 0 Å². The molecule has 180 valence electrons. The zero-order valence-electron chi connectivity index (χ0n) is 24.5. The van der Waals surface area contributed by atoms with Crippen molar-refractivity contribution in [1.29, 1.82) is 0 Å². The first-order chi connectivity index (χ1) is 0. The zero-order valence-corrected chi connectivity index (χ0v) is 87.0. The molecule has 0 amide bonds. The molecule has 0 N–H and O–H groups in total. The van der Waals surface area contributed by atoms with Crippen LogP contribution >= 0.6 is 0 Å². The van der Waals surface area contributed by atoms with Crippen LogP contribution in [0.2, 0.25) is 0 Å². The summed E-state index contributed by atoms with van der Waals surface area (Å²) in [5.74, 6) is 0. The van der Waals surface area contributed by atoms with Gasteiger partial charge in [-0.2, -0.15) is 0 Å². The van der Waals surface area contributed by atoms with Crippen molar-refractivity contribution in [3.05, 3.63) is 126 Å². The average Bonchev–Trinajstić information content (AvgIpc) is 0. The van der Waals surface area contributed by atoms with Gasteiger partial charge in [-0.15, -0.1) is 0 Å². The van der Waals surface area contributed by atoms with Gasteiger partial charge in [0.25, 0.3) is 0 Å². The summed E-state index contributed by atoms with van der Waals surface area (Å²) in [6.07, 6.45) is 0. The molecule has 0 spiro atoms. The molecule has 0 aromatic carbocycles. The zero-order chi connectivity index (χ0) is 0. The van der Waals surface area contributed by atoms with Gasteiger partial charge < -0.3 is 126 Å². The Morgan fingerprint density at radius 2 is 0.0938 bits per heavy atom. The molecule has 0 saturated carbocycles. The first kappa shape index (κ1) is 420. The fourth-order valence-electron chi connectivity index (χ4n) is 0. The van der Waals surface area contributed by atoms with E-state index in [9.17, 15) is 0 Å². The summed E-state index contributed by atoms with van der Waals surface area (Å²) in [6.45, 7) is 0. The maximum Gasteiger partial charge on any atom is 2.00 e. The minimum atomic E-state index is 0. The Balaban J connectivity index is 0. The summed E-state index contributed by atoms with van der Waals surface area (Å²) in [5, 5.41) is 0. The van der Waals surface area contributed by atoms with Crippen LogP contribution in [-0.4, -0.2) is 0 Å². The molecule has 32 heavy (non-hydrogen) atoms. The Hall–Kier alpha value is 15.8. The van der Waals surface area contributed by atoms with Gasteiger partial charge in [0.15, 0.2) is 0 Å². The van der Waals surface area contributed by atoms with Crippen LogP contribution in [0.5, 0.6) is 0 Å². The second-order valence-electron chi connectivity index (χ2n) is 0. The number of hydrogen-bond donors (Lipinski definition) is 0. The van der Waals surface area contributed by atoms with Gasteiger partial charge in [-0.1, -0.05) is 0 Å². The molecule has 0 aromatic heterocycles. The summed E-state index contributed by atoms with van der Waals surface area (Å²) in [4.78, 5) is 0. The van der Waals surface area contributed by atoms with Crippen molar-refractivity contribution in [3.8, 4) is 0 Å². The summed E-state index contributed by atoms with van der Waals surface area (Å²) in [6, 6.07) is 0. The van der Waals surface area contributed by atoms with E-state index in [0.717, 1.165) is 0 Å². The Morgan fingerprint density at radius 1 is 0.0938 bits per heavy atom. The molecule has 0 unspecified atom stereocenters. The molecule has 0 saturated heterocycles. The quantitative estimate of drug-likeness (QED) is 0.219. The predicted octanol–water partition coefficient (Wildman–Crippen LogP) is 7.65. The van der Waals surface area contributed by atoms with Crippen molar-refractivity contribution in [2.45, 2.75) is 0 Å². The normalized spacial score (nSPS) is 0.